The van der Waals surface area contributed by atoms with Crippen molar-refractivity contribution in [3.05, 3.63) is 23.0 Å². The molecule has 4 heterocycles. The number of H-pyrrole nitrogens is 1. The van der Waals surface area contributed by atoms with Crippen LogP contribution in [-0.4, -0.2) is 30.5 Å². The molecule has 0 atom stereocenters. The zero-order chi connectivity index (χ0) is 16.1. The molecule has 0 aromatic carbocycles. The molecule has 116 valence electrons. The van der Waals surface area contributed by atoms with Crippen molar-refractivity contribution in [1.82, 2.24) is 30.5 Å². The number of thiophene rings is 1. The monoisotopic (exact) mass is 327 g/mol. The summed E-state index contributed by atoms with van der Waals surface area (Å²) >= 11 is 1.49. The second-order valence-electron chi connectivity index (χ2n) is 5.31. The third kappa shape index (κ3) is 2.08. The van der Waals surface area contributed by atoms with Crippen LogP contribution in [0.5, 0.6) is 0 Å². The summed E-state index contributed by atoms with van der Waals surface area (Å²) in [6, 6.07) is 2.02. The summed E-state index contributed by atoms with van der Waals surface area (Å²) in [7, 11) is 0. The van der Waals surface area contributed by atoms with Crippen LogP contribution in [0.4, 0.5) is 5.69 Å². The Kier molecular flexibility index (Phi) is 2.91. The maximum Gasteiger partial charge on any atom is 0.205 e. The fourth-order valence-corrected chi connectivity index (χ4v) is 3.70. The normalized spacial score (nSPS) is 11.4. The summed E-state index contributed by atoms with van der Waals surface area (Å²) in [5.74, 6) is 1.01. The largest absolute Gasteiger partial charge is 0.397 e. The minimum absolute atomic E-state index is 0.427. The van der Waals surface area contributed by atoms with Gasteiger partial charge in [-0.15, -0.1) is 11.3 Å². The molecule has 0 bridgehead atoms. The first kappa shape index (κ1) is 13.8. The van der Waals surface area contributed by atoms with Gasteiger partial charge in [0.2, 0.25) is 5.82 Å². The summed E-state index contributed by atoms with van der Waals surface area (Å²) in [6.07, 6.45) is 0. The lowest BCUT2D eigenvalue weighted by atomic mass is 10.1. The Bertz CT molecular complexity index is 1030. The first-order chi connectivity index (χ1) is 11.0. The number of nitrogens with two attached hydrogens (primary N) is 1. The molecule has 3 N–H and O–H groups in total. The number of anilines is 1. The number of aryl methyl sites for hydroxylation is 3. The van der Waals surface area contributed by atoms with Gasteiger partial charge in [0.15, 0.2) is 11.5 Å². The number of nitrogens with zero attached hydrogens (tertiary/aromatic N) is 5. The van der Waals surface area contributed by atoms with Gasteiger partial charge in [0.25, 0.3) is 0 Å². The Labute approximate surface area is 134 Å². The topological polar surface area (TPSA) is 119 Å². The van der Waals surface area contributed by atoms with Gasteiger partial charge >= 0.3 is 0 Å². The van der Waals surface area contributed by atoms with Gasteiger partial charge in [0, 0.05) is 11.1 Å². The Balaban J connectivity index is 1.87. The van der Waals surface area contributed by atoms with Gasteiger partial charge in [-0.2, -0.15) is 5.10 Å². The third-order valence-electron chi connectivity index (χ3n) is 3.59. The maximum atomic E-state index is 6.32. The SMILES string of the molecule is Cc1cc(C)c2c(N)c(-c3nc(-c4nonc4C)n[nH]3)sc2n1. The van der Waals surface area contributed by atoms with Crippen molar-refractivity contribution in [3.8, 4) is 22.2 Å². The van der Waals surface area contributed by atoms with Crippen LogP contribution in [0.3, 0.4) is 0 Å². The van der Waals surface area contributed by atoms with Crippen LogP contribution < -0.4 is 5.73 Å². The number of hydrogen-bond donors (Lipinski definition) is 2. The van der Waals surface area contributed by atoms with Gasteiger partial charge in [-0.25, -0.2) is 14.6 Å². The van der Waals surface area contributed by atoms with Crippen LogP contribution in [0.1, 0.15) is 17.0 Å². The quantitative estimate of drug-likeness (QED) is 0.580. The molecule has 4 rings (SSSR count). The van der Waals surface area contributed by atoms with E-state index < -0.39 is 0 Å². The highest BCUT2D eigenvalue weighted by atomic mass is 32.1. The number of aromatic amines is 1. The second kappa shape index (κ2) is 4.85. The van der Waals surface area contributed by atoms with E-state index in [4.69, 9.17) is 5.73 Å². The molecule has 4 aromatic heterocycles. The van der Waals surface area contributed by atoms with Crippen molar-refractivity contribution in [2.24, 2.45) is 0 Å². The number of fused-ring (bicyclic) bond motifs is 1. The van der Waals surface area contributed by atoms with E-state index in [1.54, 1.807) is 6.92 Å². The van der Waals surface area contributed by atoms with Gasteiger partial charge in [-0.05, 0) is 37.6 Å². The summed E-state index contributed by atoms with van der Waals surface area (Å²) in [4.78, 5) is 10.7. The predicted molar refractivity (Wildman–Crippen MR) is 86.9 cm³/mol. The van der Waals surface area contributed by atoms with E-state index in [9.17, 15) is 0 Å². The van der Waals surface area contributed by atoms with E-state index >= 15 is 0 Å². The fourth-order valence-electron chi connectivity index (χ4n) is 2.55. The summed E-state index contributed by atoms with van der Waals surface area (Å²) in [5, 5.41) is 15.6. The molecule has 9 heteroatoms. The zero-order valence-electron chi connectivity index (χ0n) is 12.7. The molecule has 0 unspecified atom stereocenters. The predicted octanol–water partition coefficient (Wildman–Crippen LogP) is 2.64. The number of nitrogen functional groups attached to an aromatic ring is 1. The highest BCUT2D eigenvalue weighted by molar-refractivity contribution is 7.22. The van der Waals surface area contributed by atoms with E-state index in [1.165, 1.54) is 11.3 Å². The smallest absolute Gasteiger partial charge is 0.205 e. The molecule has 0 spiro atoms. The molecule has 0 aliphatic carbocycles. The number of rotatable bonds is 2. The van der Waals surface area contributed by atoms with Gasteiger partial charge in [0.05, 0.1) is 10.6 Å². The summed E-state index contributed by atoms with van der Waals surface area (Å²) < 4.78 is 4.69. The Hall–Kier alpha value is -2.81. The molecule has 23 heavy (non-hydrogen) atoms. The zero-order valence-corrected chi connectivity index (χ0v) is 13.5. The van der Waals surface area contributed by atoms with Crippen molar-refractivity contribution >= 4 is 27.2 Å². The van der Waals surface area contributed by atoms with Crippen molar-refractivity contribution in [1.29, 1.82) is 0 Å². The van der Waals surface area contributed by atoms with E-state index in [-0.39, 0.29) is 0 Å². The highest BCUT2D eigenvalue weighted by Crippen LogP contribution is 2.40. The molecular weight excluding hydrogens is 314 g/mol. The molecule has 0 radical (unpaired) electrons. The van der Waals surface area contributed by atoms with E-state index in [0.717, 1.165) is 26.4 Å². The van der Waals surface area contributed by atoms with E-state index in [0.29, 0.717) is 28.7 Å². The Morgan fingerprint density at radius 3 is 2.74 bits per heavy atom. The molecular formula is C14H13N7OS. The number of pyridine rings is 1. The lowest BCUT2D eigenvalue weighted by Crippen LogP contribution is -1.90. The lowest BCUT2D eigenvalue weighted by Gasteiger charge is -1.99. The van der Waals surface area contributed by atoms with Gasteiger partial charge in [-0.3, -0.25) is 5.10 Å². The third-order valence-corrected chi connectivity index (χ3v) is 4.70. The van der Waals surface area contributed by atoms with Gasteiger partial charge in [-0.1, -0.05) is 5.16 Å². The molecule has 0 saturated heterocycles. The van der Waals surface area contributed by atoms with Crippen molar-refractivity contribution in [2.75, 3.05) is 5.73 Å². The molecule has 8 nitrogen and oxygen atoms in total. The van der Waals surface area contributed by atoms with Crippen molar-refractivity contribution in [2.45, 2.75) is 20.8 Å². The van der Waals surface area contributed by atoms with Crippen LogP contribution >= 0.6 is 11.3 Å². The summed E-state index contributed by atoms with van der Waals surface area (Å²) in [5.41, 5.74) is 10.2. The first-order valence-corrected chi connectivity index (χ1v) is 7.74. The molecule has 0 saturated carbocycles. The van der Waals surface area contributed by atoms with Crippen LogP contribution in [0.25, 0.3) is 32.4 Å². The first-order valence-electron chi connectivity index (χ1n) is 6.93. The second-order valence-corrected chi connectivity index (χ2v) is 6.31. The van der Waals surface area contributed by atoms with E-state index in [1.807, 2.05) is 19.9 Å². The maximum absolute atomic E-state index is 6.32. The standard InChI is InChI=1S/C14H13N7OS/c1-5-4-6(2)16-14-8(5)9(15)11(23-14)13-17-12(18-19-13)10-7(3)20-22-21-10/h4H,15H2,1-3H3,(H,17,18,19). The van der Waals surface area contributed by atoms with E-state index in [2.05, 4.69) is 35.1 Å². The molecule has 0 aliphatic rings. The van der Waals surface area contributed by atoms with Crippen molar-refractivity contribution in [3.63, 3.8) is 0 Å². The Morgan fingerprint density at radius 2 is 2.00 bits per heavy atom. The minimum Gasteiger partial charge on any atom is -0.397 e. The number of aromatic nitrogens is 6. The summed E-state index contributed by atoms with van der Waals surface area (Å²) in [6.45, 7) is 5.78. The Morgan fingerprint density at radius 1 is 1.17 bits per heavy atom. The average Bonchev–Trinajstić information content (AvgIpc) is 3.17. The van der Waals surface area contributed by atoms with Crippen molar-refractivity contribution < 1.29 is 4.63 Å². The number of hydrogen-bond acceptors (Lipinski definition) is 8. The van der Waals surface area contributed by atoms with Crippen LogP contribution in [0.2, 0.25) is 0 Å². The highest BCUT2D eigenvalue weighted by Gasteiger charge is 2.20. The van der Waals surface area contributed by atoms with Crippen LogP contribution in [0.15, 0.2) is 10.7 Å². The molecule has 0 aliphatic heterocycles. The lowest BCUT2D eigenvalue weighted by molar-refractivity contribution is 0.305. The average molecular weight is 327 g/mol. The fraction of sp³-hybridized carbons (Fsp3) is 0.214. The minimum atomic E-state index is 0.427. The molecule has 4 aromatic rings. The number of nitrogens with one attached hydrogen (secondary N) is 1. The van der Waals surface area contributed by atoms with Gasteiger partial charge < -0.3 is 5.73 Å². The van der Waals surface area contributed by atoms with Gasteiger partial charge in [0.1, 0.15) is 10.5 Å². The molecule has 0 fully saturated rings. The van der Waals surface area contributed by atoms with Crippen LogP contribution in [0, 0.1) is 20.8 Å². The van der Waals surface area contributed by atoms with Crippen LogP contribution in [-0.2, 0) is 0 Å². The molecule has 0 amide bonds.